The van der Waals surface area contributed by atoms with Crippen LogP contribution >= 0.6 is 0 Å². The number of rotatable bonds is 7. The average Bonchev–Trinajstić information content (AvgIpc) is 3.51. The average molecular weight is 474 g/mol. The number of amides is 2. The molecule has 0 spiro atoms. The van der Waals surface area contributed by atoms with E-state index in [0.29, 0.717) is 35.7 Å². The zero-order valence-electron chi connectivity index (χ0n) is 20.2. The number of anilines is 1. The summed E-state index contributed by atoms with van der Waals surface area (Å²) in [6, 6.07) is 15.6. The number of ether oxygens (including phenoxy) is 1. The predicted molar refractivity (Wildman–Crippen MR) is 135 cm³/mol. The summed E-state index contributed by atoms with van der Waals surface area (Å²) in [5.41, 5.74) is 9.72. The molecule has 8 nitrogen and oxygen atoms in total. The molecule has 0 saturated heterocycles. The van der Waals surface area contributed by atoms with Gasteiger partial charge in [0.25, 0.3) is 11.8 Å². The second-order valence-corrected chi connectivity index (χ2v) is 9.42. The molecule has 182 valence electrons. The lowest BCUT2D eigenvalue weighted by Gasteiger charge is -2.31. The number of hydrogen-bond acceptors (Lipinski definition) is 5. The van der Waals surface area contributed by atoms with Gasteiger partial charge in [0.15, 0.2) is 5.69 Å². The Labute approximate surface area is 205 Å². The van der Waals surface area contributed by atoms with Crippen molar-refractivity contribution >= 4 is 17.5 Å². The predicted octanol–water partition coefficient (Wildman–Crippen LogP) is 3.21. The Morgan fingerprint density at radius 3 is 2.34 bits per heavy atom. The Morgan fingerprint density at radius 1 is 1.09 bits per heavy atom. The Balaban J connectivity index is 1.50. The smallest absolute Gasteiger partial charge is 0.277 e. The van der Waals surface area contributed by atoms with Crippen LogP contribution in [0, 0.1) is 0 Å². The molecule has 2 amide bonds. The number of nitrogens with two attached hydrogens (primary N) is 1. The van der Waals surface area contributed by atoms with Crippen LogP contribution in [0.2, 0.25) is 0 Å². The fourth-order valence-electron chi connectivity index (χ4n) is 5.67. The molecule has 2 heterocycles. The monoisotopic (exact) mass is 473 g/mol. The molecule has 5 rings (SSSR count). The first-order chi connectivity index (χ1) is 17.0. The van der Waals surface area contributed by atoms with Gasteiger partial charge in [0.2, 0.25) is 0 Å². The van der Waals surface area contributed by atoms with Crippen LogP contribution < -0.4 is 20.7 Å². The number of benzene rings is 2. The SMILES string of the molecule is CNCC1(c2ccc(N3CCc4c(C(N)=O)nn(-c5ccc(OC)cc5)c4C3=O)cc2)CCCC1. The fourth-order valence-corrected chi connectivity index (χ4v) is 5.67. The summed E-state index contributed by atoms with van der Waals surface area (Å²) in [5, 5.41) is 7.80. The molecule has 0 unspecified atom stereocenters. The first kappa shape index (κ1) is 23.1. The molecule has 1 aromatic heterocycles. The largest absolute Gasteiger partial charge is 0.497 e. The number of fused-ring (bicyclic) bond motifs is 1. The number of primary amides is 1. The van der Waals surface area contributed by atoms with E-state index in [4.69, 9.17) is 10.5 Å². The zero-order valence-corrected chi connectivity index (χ0v) is 20.2. The van der Waals surface area contributed by atoms with Gasteiger partial charge >= 0.3 is 0 Å². The third kappa shape index (κ3) is 3.97. The minimum absolute atomic E-state index is 0.148. The highest BCUT2D eigenvalue weighted by molar-refractivity contribution is 6.09. The number of hydrogen-bond donors (Lipinski definition) is 2. The fraction of sp³-hybridized carbons (Fsp3) is 0.370. The Hall–Kier alpha value is -3.65. The Morgan fingerprint density at radius 2 is 1.74 bits per heavy atom. The minimum atomic E-state index is -0.634. The number of methoxy groups -OCH3 is 1. The number of carbonyl (C=O) groups is 2. The van der Waals surface area contributed by atoms with E-state index in [1.54, 1.807) is 36.3 Å². The third-order valence-corrected chi connectivity index (χ3v) is 7.43. The quantitative estimate of drug-likeness (QED) is 0.549. The van der Waals surface area contributed by atoms with Crippen LogP contribution in [0.3, 0.4) is 0 Å². The van der Waals surface area contributed by atoms with Crippen molar-refractivity contribution in [1.29, 1.82) is 0 Å². The summed E-state index contributed by atoms with van der Waals surface area (Å²) >= 11 is 0. The second-order valence-electron chi connectivity index (χ2n) is 9.42. The van der Waals surface area contributed by atoms with Crippen molar-refractivity contribution in [2.75, 3.05) is 32.1 Å². The van der Waals surface area contributed by atoms with Crippen molar-refractivity contribution in [2.45, 2.75) is 37.5 Å². The van der Waals surface area contributed by atoms with Crippen LogP contribution in [-0.2, 0) is 11.8 Å². The molecule has 35 heavy (non-hydrogen) atoms. The Bertz CT molecular complexity index is 1240. The summed E-state index contributed by atoms with van der Waals surface area (Å²) in [6.07, 6.45) is 5.34. The van der Waals surface area contributed by atoms with E-state index in [2.05, 4.69) is 22.5 Å². The molecule has 3 N–H and O–H groups in total. The molecule has 2 aliphatic rings. The van der Waals surface area contributed by atoms with Crippen molar-refractivity contribution in [2.24, 2.45) is 5.73 Å². The molecule has 0 radical (unpaired) electrons. The van der Waals surface area contributed by atoms with Gasteiger partial charge in [0.05, 0.1) is 12.8 Å². The van der Waals surface area contributed by atoms with Gasteiger partial charge in [0, 0.05) is 29.8 Å². The van der Waals surface area contributed by atoms with Crippen LogP contribution in [-0.4, -0.2) is 48.8 Å². The lowest BCUT2D eigenvalue weighted by Crippen LogP contribution is -2.39. The van der Waals surface area contributed by atoms with Crippen LogP contribution in [0.25, 0.3) is 5.69 Å². The number of aromatic nitrogens is 2. The zero-order chi connectivity index (χ0) is 24.6. The second kappa shape index (κ2) is 9.19. The lowest BCUT2D eigenvalue weighted by molar-refractivity contribution is 0.0972. The minimum Gasteiger partial charge on any atom is -0.497 e. The van der Waals surface area contributed by atoms with E-state index in [0.717, 1.165) is 12.2 Å². The molecule has 0 atom stereocenters. The summed E-state index contributed by atoms with van der Waals surface area (Å²) in [4.78, 5) is 27.6. The molecule has 1 aliphatic carbocycles. The number of likely N-dealkylation sites (N-methyl/N-ethyl adjacent to an activating group) is 1. The van der Waals surface area contributed by atoms with Gasteiger partial charge in [-0.1, -0.05) is 25.0 Å². The molecule has 8 heteroatoms. The highest BCUT2D eigenvalue weighted by Crippen LogP contribution is 2.41. The van der Waals surface area contributed by atoms with Crippen LogP contribution in [0.1, 0.15) is 57.8 Å². The van der Waals surface area contributed by atoms with Crippen molar-refractivity contribution in [3.05, 3.63) is 71.0 Å². The van der Waals surface area contributed by atoms with Crippen molar-refractivity contribution in [3.63, 3.8) is 0 Å². The van der Waals surface area contributed by atoms with Crippen molar-refractivity contribution in [1.82, 2.24) is 15.1 Å². The van der Waals surface area contributed by atoms with Gasteiger partial charge in [-0.15, -0.1) is 0 Å². The standard InChI is InChI=1S/C27H31N5O3/c1-29-17-27(14-3-4-15-27)18-5-7-19(8-6-18)31-16-13-22-23(25(28)33)30-32(24(22)26(31)34)20-9-11-21(35-2)12-10-20/h5-12,29H,3-4,13-17H2,1-2H3,(H2,28,33). The van der Waals surface area contributed by atoms with Crippen LogP contribution in [0.4, 0.5) is 5.69 Å². The summed E-state index contributed by atoms with van der Waals surface area (Å²) in [7, 11) is 3.60. The maximum atomic E-state index is 13.8. The summed E-state index contributed by atoms with van der Waals surface area (Å²) in [6.45, 7) is 1.41. The number of nitrogens with one attached hydrogen (secondary N) is 1. The molecule has 1 fully saturated rings. The van der Waals surface area contributed by atoms with E-state index in [9.17, 15) is 9.59 Å². The Kier molecular flexibility index (Phi) is 6.06. The molecule has 2 aromatic carbocycles. The highest BCUT2D eigenvalue weighted by Gasteiger charge is 2.37. The van der Waals surface area contributed by atoms with Gasteiger partial charge in [-0.2, -0.15) is 5.10 Å². The van der Waals surface area contributed by atoms with Crippen molar-refractivity contribution in [3.8, 4) is 11.4 Å². The third-order valence-electron chi connectivity index (χ3n) is 7.43. The first-order valence-corrected chi connectivity index (χ1v) is 12.1. The molecular weight excluding hydrogens is 442 g/mol. The van der Waals surface area contributed by atoms with Crippen LogP contribution in [0.5, 0.6) is 5.75 Å². The van der Waals surface area contributed by atoms with E-state index in [-0.39, 0.29) is 17.0 Å². The van der Waals surface area contributed by atoms with E-state index in [1.807, 2.05) is 19.2 Å². The summed E-state index contributed by atoms with van der Waals surface area (Å²) < 4.78 is 6.77. The molecular formula is C27H31N5O3. The molecule has 1 saturated carbocycles. The maximum Gasteiger partial charge on any atom is 0.277 e. The van der Waals surface area contributed by atoms with Gasteiger partial charge < -0.3 is 20.7 Å². The van der Waals surface area contributed by atoms with E-state index >= 15 is 0 Å². The highest BCUT2D eigenvalue weighted by atomic mass is 16.5. The van der Waals surface area contributed by atoms with Crippen molar-refractivity contribution < 1.29 is 14.3 Å². The topological polar surface area (TPSA) is 102 Å². The first-order valence-electron chi connectivity index (χ1n) is 12.1. The number of nitrogens with zero attached hydrogens (tertiary/aromatic N) is 3. The van der Waals surface area contributed by atoms with Gasteiger partial charge in [0.1, 0.15) is 11.4 Å². The molecule has 3 aromatic rings. The van der Waals surface area contributed by atoms with Gasteiger partial charge in [-0.05, 0) is 68.3 Å². The molecule has 1 aliphatic heterocycles. The van der Waals surface area contributed by atoms with Gasteiger partial charge in [-0.3, -0.25) is 9.59 Å². The van der Waals surface area contributed by atoms with E-state index in [1.165, 1.54) is 35.9 Å². The van der Waals surface area contributed by atoms with E-state index < -0.39 is 5.91 Å². The normalized spacial score (nSPS) is 16.9. The lowest BCUT2D eigenvalue weighted by atomic mass is 9.78. The number of carbonyl (C=O) groups excluding carboxylic acids is 2. The maximum absolute atomic E-state index is 13.8. The summed E-state index contributed by atoms with van der Waals surface area (Å²) in [5.74, 6) is -0.137. The molecule has 0 bridgehead atoms. The van der Waals surface area contributed by atoms with Gasteiger partial charge in [-0.25, -0.2) is 4.68 Å². The van der Waals surface area contributed by atoms with Crippen LogP contribution in [0.15, 0.2) is 48.5 Å².